The minimum Gasteiger partial charge on any atom is -0.279 e. The molecule has 1 N–H and O–H groups in total. The number of sulfonamides is 1. The minimum absolute atomic E-state index is 0.109. The highest BCUT2D eigenvalue weighted by Gasteiger charge is 2.18. The molecule has 0 unspecified atom stereocenters. The van der Waals surface area contributed by atoms with Gasteiger partial charge in [0.15, 0.2) is 0 Å². The predicted molar refractivity (Wildman–Crippen MR) is 80.3 cm³/mol. The van der Waals surface area contributed by atoms with E-state index in [-0.39, 0.29) is 10.6 Å². The van der Waals surface area contributed by atoms with E-state index in [2.05, 4.69) is 4.72 Å². The number of halogens is 2. The molecule has 22 heavy (non-hydrogen) atoms. The Morgan fingerprint density at radius 2 is 1.50 bits per heavy atom. The molecule has 0 fully saturated rings. The summed E-state index contributed by atoms with van der Waals surface area (Å²) >= 11 is 0. The molecule has 0 aromatic heterocycles. The van der Waals surface area contributed by atoms with E-state index in [1.54, 1.807) is 6.07 Å². The van der Waals surface area contributed by atoms with Gasteiger partial charge in [-0.1, -0.05) is 6.07 Å². The lowest BCUT2D eigenvalue weighted by molar-refractivity contribution is 0.584. The van der Waals surface area contributed by atoms with E-state index >= 15 is 0 Å². The molecule has 0 aliphatic heterocycles. The molecule has 3 rings (SSSR count). The zero-order valence-electron chi connectivity index (χ0n) is 11.8. The first-order valence-corrected chi connectivity index (χ1v) is 8.53. The van der Waals surface area contributed by atoms with Crippen molar-refractivity contribution in [1.29, 1.82) is 0 Å². The number of anilines is 1. The summed E-state index contributed by atoms with van der Waals surface area (Å²) in [5, 5.41) is 0. The largest absolute Gasteiger partial charge is 0.279 e. The van der Waals surface area contributed by atoms with Gasteiger partial charge in [-0.05, 0) is 61.1 Å². The Balaban J connectivity index is 1.92. The van der Waals surface area contributed by atoms with Crippen LogP contribution in [0, 0.1) is 11.6 Å². The standard InChI is InChI=1S/C16H15F2NO2S/c17-13-8-14(18)10-15(9-13)19-22(20,21)16-6-5-11-3-1-2-4-12(11)7-16/h5-10,19H,1-4H2. The zero-order chi connectivity index (χ0) is 15.7. The smallest absolute Gasteiger partial charge is 0.261 e. The second-order valence-corrected chi connectivity index (χ2v) is 7.08. The van der Waals surface area contributed by atoms with Crippen LogP contribution in [0.4, 0.5) is 14.5 Å². The van der Waals surface area contributed by atoms with Crippen molar-refractivity contribution in [3.05, 3.63) is 59.2 Å². The predicted octanol–water partition coefficient (Wildman–Crippen LogP) is 3.64. The molecule has 2 aromatic carbocycles. The third kappa shape index (κ3) is 3.11. The Kier molecular flexibility index (Phi) is 3.87. The lowest BCUT2D eigenvalue weighted by atomic mass is 9.92. The van der Waals surface area contributed by atoms with E-state index in [4.69, 9.17) is 0 Å². The molecule has 6 heteroatoms. The van der Waals surface area contributed by atoms with Gasteiger partial charge in [-0.15, -0.1) is 0 Å². The maximum atomic E-state index is 13.2. The van der Waals surface area contributed by atoms with Crippen LogP contribution < -0.4 is 4.72 Å². The summed E-state index contributed by atoms with van der Waals surface area (Å²) in [5.74, 6) is -1.66. The molecule has 0 bridgehead atoms. The van der Waals surface area contributed by atoms with Gasteiger partial charge >= 0.3 is 0 Å². The Morgan fingerprint density at radius 1 is 0.864 bits per heavy atom. The molecule has 3 nitrogen and oxygen atoms in total. The minimum atomic E-state index is -3.86. The molecule has 1 aliphatic carbocycles. The van der Waals surface area contributed by atoms with Crippen molar-refractivity contribution < 1.29 is 17.2 Å². The lowest BCUT2D eigenvalue weighted by Gasteiger charge is -2.17. The molecule has 0 radical (unpaired) electrons. The maximum Gasteiger partial charge on any atom is 0.261 e. The fourth-order valence-electron chi connectivity index (χ4n) is 2.70. The van der Waals surface area contributed by atoms with Gasteiger partial charge in [-0.3, -0.25) is 4.72 Å². The number of hydrogen-bond acceptors (Lipinski definition) is 2. The molecular weight excluding hydrogens is 308 g/mol. The van der Waals surface area contributed by atoms with E-state index in [0.717, 1.165) is 43.4 Å². The molecule has 0 heterocycles. The van der Waals surface area contributed by atoms with Gasteiger partial charge in [0.2, 0.25) is 0 Å². The lowest BCUT2D eigenvalue weighted by Crippen LogP contribution is -2.14. The monoisotopic (exact) mass is 323 g/mol. The fourth-order valence-corrected chi connectivity index (χ4v) is 3.79. The number of hydrogen-bond donors (Lipinski definition) is 1. The zero-order valence-corrected chi connectivity index (χ0v) is 12.6. The Bertz CT molecular complexity index is 799. The summed E-state index contributed by atoms with van der Waals surface area (Å²) < 4.78 is 53.2. The highest BCUT2D eigenvalue weighted by molar-refractivity contribution is 7.92. The van der Waals surface area contributed by atoms with E-state index in [1.165, 1.54) is 11.6 Å². The average Bonchev–Trinajstić information content (AvgIpc) is 2.45. The molecule has 0 saturated carbocycles. The van der Waals surface area contributed by atoms with E-state index in [1.807, 2.05) is 6.07 Å². The highest BCUT2D eigenvalue weighted by atomic mass is 32.2. The number of aryl methyl sites for hydroxylation is 2. The van der Waals surface area contributed by atoms with Crippen LogP contribution in [0.25, 0.3) is 0 Å². The van der Waals surface area contributed by atoms with Crippen molar-refractivity contribution >= 4 is 15.7 Å². The van der Waals surface area contributed by atoms with Crippen LogP contribution in [0.1, 0.15) is 24.0 Å². The van der Waals surface area contributed by atoms with Crippen molar-refractivity contribution in [1.82, 2.24) is 0 Å². The third-order valence-electron chi connectivity index (χ3n) is 3.75. The summed E-state index contributed by atoms with van der Waals surface area (Å²) in [5.41, 5.74) is 2.07. The third-order valence-corrected chi connectivity index (χ3v) is 5.12. The Morgan fingerprint density at radius 3 is 2.18 bits per heavy atom. The van der Waals surface area contributed by atoms with Crippen molar-refractivity contribution in [3.63, 3.8) is 0 Å². The topological polar surface area (TPSA) is 46.2 Å². The summed E-state index contributed by atoms with van der Waals surface area (Å²) in [6, 6.07) is 7.57. The number of rotatable bonds is 3. The van der Waals surface area contributed by atoms with Crippen LogP contribution in [-0.2, 0) is 22.9 Å². The van der Waals surface area contributed by atoms with Gasteiger partial charge < -0.3 is 0 Å². The van der Waals surface area contributed by atoms with Gasteiger partial charge in [0.05, 0.1) is 10.6 Å². The fraction of sp³-hybridized carbons (Fsp3) is 0.250. The van der Waals surface area contributed by atoms with E-state index in [9.17, 15) is 17.2 Å². The molecule has 0 saturated heterocycles. The summed E-state index contributed by atoms with van der Waals surface area (Å²) in [6.45, 7) is 0. The highest BCUT2D eigenvalue weighted by Crippen LogP contribution is 2.25. The summed E-state index contributed by atoms with van der Waals surface area (Å²) in [7, 11) is -3.86. The quantitative estimate of drug-likeness (QED) is 0.937. The maximum absolute atomic E-state index is 13.2. The molecular formula is C16H15F2NO2S. The van der Waals surface area contributed by atoms with Gasteiger partial charge in [0.1, 0.15) is 11.6 Å². The first-order valence-electron chi connectivity index (χ1n) is 7.05. The molecule has 2 aromatic rings. The van der Waals surface area contributed by atoms with E-state index < -0.39 is 21.7 Å². The SMILES string of the molecule is O=S(=O)(Nc1cc(F)cc(F)c1)c1ccc2c(c1)CCCC2. The first-order chi connectivity index (χ1) is 10.4. The second kappa shape index (κ2) is 5.68. The van der Waals surface area contributed by atoms with Crippen molar-refractivity contribution in [2.24, 2.45) is 0 Å². The average molecular weight is 323 g/mol. The van der Waals surface area contributed by atoms with Crippen LogP contribution in [0.5, 0.6) is 0 Å². The van der Waals surface area contributed by atoms with Crippen LogP contribution in [0.15, 0.2) is 41.3 Å². The van der Waals surface area contributed by atoms with Gasteiger partial charge in [0.25, 0.3) is 10.0 Å². The van der Waals surface area contributed by atoms with Gasteiger partial charge in [0, 0.05) is 6.07 Å². The number of nitrogens with one attached hydrogen (secondary N) is 1. The van der Waals surface area contributed by atoms with Crippen molar-refractivity contribution in [2.45, 2.75) is 30.6 Å². The van der Waals surface area contributed by atoms with Gasteiger partial charge in [-0.25, -0.2) is 17.2 Å². The van der Waals surface area contributed by atoms with Crippen molar-refractivity contribution in [2.75, 3.05) is 4.72 Å². The van der Waals surface area contributed by atoms with Gasteiger partial charge in [-0.2, -0.15) is 0 Å². The van der Waals surface area contributed by atoms with Crippen LogP contribution in [-0.4, -0.2) is 8.42 Å². The number of fused-ring (bicyclic) bond motifs is 1. The molecule has 0 spiro atoms. The summed E-state index contributed by atoms with van der Waals surface area (Å²) in [6.07, 6.45) is 3.96. The Labute approximate surface area is 128 Å². The normalized spacial score (nSPS) is 14.5. The van der Waals surface area contributed by atoms with Crippen molar-refractivity contribution in [3.8, 4) is 0 Å². The van der Waals surface area contributed by atoms with Crippen LogP contribution in [0.3, 0.4) is 0 Å². The summed E-state index contributed by atoms with van der Waals surface area (Å²) in [4.78, 5) is 0.109. The van der Waals surface area contributed by atoms with E-state index in [0.29, 0.717) is 6.07 Å². The second-order valence-electron chi connectivity index (χ2n) is 5.40. The Hall–Kier alpha value is -1.95. The van der Waals surface area contributed by atoms with Crippen LogP contribution in [0.2, 0.25) is 0 Å². The molecule has 0 amide bonds. The molecule has 1 aliphatic rings. The molecule has 116 valence electrons. The van der Waals surface area contributed by atoms with Crippen LogP contribution >= 0.6 is 0 Å². The number of benzene rings is 2. The first kappa shape index (κ1) is 15.0. The molecule has 0 atom stereocenters.